The van der Waals surface area contributed by atoms with Crippen LogP contribution in [0.2, 0.25) is 5.02 Å². The molecule has 1 fully saturated rings. The van der Waals surface area contributed by atoms with Gasteiger partial charge in [0, 0.05) is 11.1 Å². The van der Waals surface area contributed by atoms with Gasteiger partial charge in [-0.2, -0.15) is 0 Å². The van der Waals surface area contributed by atoms with Crippen molar-refractivity contribution < 1.29 is 0 Å². The summed E-state index contributed by atoms with van der Waals surface area (Å²) in [5, 5.41) is 4.59. The molecule has 3 atom stereocenters. The van der Waals surface area contributed by atoms with Gasteiger partial charge in [-0.05, 0) is 49.3 Å². The average Bonchev–Trinajstić information content (AvgIpc) is 3.04. The van der Waals surface area contributed by atoms with Crippen LogP contribution in [0.15, 0.2) is 24.3 Å². The van der Waals surface area contributed by atoms with Crippen molar-refractivity contribution in [1.29, 1.82) is 0 Å². The SMILES string of the molecule is CCCNC(Cc1ccccc1Cl)C1CC1C. The predicted molar refractivity (Wildman–Crippen MR) is 74.5 cm³/mol. The van der Waals surface area contributed by atoms with Gasteiger partial charge in [0.2, 0.25) is 0 Å². The fourth-order valence-corrected chi connectivity index (χ4v) is 2.73. The highest BCUT2D eigenvalue weighted by atomic mass is 35.5. The molecule has 0 amide bonds. The predicted octanol–water partition coefficient (Wildman–Crippen LogP) is 3.91. The minimum atomic E-state index is 0.602. The van der Waals surface area contributed by atoms with Gasteiger partial charge >= 0.3 is 0 Å². The Morgan fingerprint density at radius 3 is 2.71 bits per heavy atom. The molecule has 2 rings (SSSR count). The van der Waals surface area contributed by atoms with Crippen molar-refractivity contribution in [2.75, 3.05) is 6.54 Å². The zero-order chi connectivity index (χ0) is 12.3. The van der Waals surface area contributed by atoms with Crippen LogP contribution in [0.25, 0.3) is 0 Å². The second-order valence-electron chi connectivity index (χ2n) is 5.23. The molecule has 0 spiro atoms. The third kappa shape index (κ3) is 3.46. The quantitative estimate of drug-likeness (QED) is 0.809. The van der Waals surface area contributed by atoms with Gasteiger partial charge in [-0.1, -0.05) is 43.6 Å². The number of benzene rings is 1. The minimum absolute atomic E-state index is 0.602. The largest absolute Gasteiger partial charge is 0.313 e. The van der Waals surface area contributed by atoms with Crippen LogP contribution < -0.4 is 5.32 Å². The molecule has 17 heavy (non-hydrogen) atoms. The van der Waals surface area contributed by atoms with Gasteiger partial charge in [0.1, 0.15) is 0 Å². The normalized spacial score (nSPS) is 24.6. The van der Waals surface area contributed by atoms with E-state index in [0.717, 1.165) is 29.8 Å². The Morgan fingerprint density at radius 2 is 2.12 bits per heavy atom. The molecule has 0 aliphatic heterocycles. The second-order valence-corrected chi connectivity index (χ2v) is 5.64. The van der Waals surface area contributed by atoms with Crippen molar-refractivity contribution in [2.24, 2.45) is 11.8 Å². The maximum Gasteiger partial charge on any atom is 0.0438 e. The number of hydrogen-bond donors (Lipinski definition) is 1. The van der Waals surface area contributed by atoms with Crippen molar-refractivity contribution in [2.45, 2.75) is 39.2 Å². The van der Waals surface area contributed by atoms with E-state index >= 15 is 0 Å². The lowest BCUT2D eigenvalue weighted by Gasteiger charge is -2.19. The molecule has 94 valence electrons. The van der Waals surface area contributed by atoms with Crippen LogP contribution in [0.3, 0.4) is 0 Å². The molecule has 1 nitrogen and oxygen atoms in total. The lowest BCUT2D eigenvalue weighted by Crippen LogP contribution is -2.34. The molecule has 1 aromatic carbocycles. The van der Waals surface area contributed by atoms with E-state index in [2.05, 4.69) is 31.3 Å². The standard InChI is InChI=1S/C15H22ClN/c1-3-8-17-15(13-9-11(13)2)10-12-6-4-5-7-14(12)16/h4-7,11,13,15,17H,3,8-10H2,1-2H3. The summed E-state index contributed by atoms with van der Waals surface area (Å²) in [5.74, 6) is 1.73. The monoisotopic (exact) mass is 251 g/mol. The zero-order valence-electron chi connectivity index (χ0n) is 10.7. The molecule has 0 radical (unpaired) electrons. The number of hydrogen-bond acceptors (Lipinski definition) is 1. The second kappa shape index (κ2) is 5.88. The van der Waals surface area contributed by atoms with Gasteiger partial charge in [0.25, 0.3) is 0 Å². The summed E-state index contributed by atoms with van der Waals surface area (Å²) >= 11 is 6.24. The summed E-state index contributed by atoms with van der Waals surface area (Å²) < 4.78 is 0. The summed E-state index contributed by atoms with van der Waals surface area (Å²) in [6.07, 6.45) is 3.63. The van der Waals surface area contributed by atoms with Crippen LogP contribution in [-0.2, 0) is 6.42 Å². The van der Waals surface area contributed by atoms with Gasteiger partial charge < -0.3 is 5.32 Å². The minimum Gasteiger partial charge on any atom is -0.313 e. The van der Waals surface area contributed by atoms with Crippen LogP contribution in [0, 0.1) is 11.8 Å². The smallest absolute Gasteiger partial charge is 0.0438 e. The average molecular weight is 252 g/mol. The summed E-state index contributed by atoms with van der Waals surface area (Å²) in [6, 6.07) is 8.82. The molecule has 0 saturated heterocycles. The van der Waals surface area contributed by atoms with E-state index in [1.165, 1.54) is 18.4 Å². The molecule has 3 unspecified atom stereocenters. The molecule has 0 heterocycles. The van der Waals surface area contributed by atoms with E-state index < -0.39 is 0 Å². The summed E-state index contributed by atoms with van der Waals surface area (Å²) in [7, 11) is 0. The third-order valence-corrected chi connectivity index (χ3v) is 4.11. The molecule has 2 heteroatoms. The Bertz CT molecular complexity index is 364. The van der Waals surface area contributed by atoms with Crippen LogP contribution in [0.5, 0.6) is 0 Å². The van der Waals surface area contributed by atoms with Crippen LogP contribution in [-0.4, -0.2) is 12.6 Å². The van der Waals surface area contributed by atoms with Crippen molar-refractivity contribution in [3.05, 3.63) is 34.9 Å². The van der Waals surface area contributed by atoms with E-state index in [1.807, 2.05) is 12.1 Å². The van der Waals surface area contributed by atoms with Gasteiger partial charge in [-0.15, -0.1) is 0 Å². The maximum atomic E-state index is 6.24. The van der Waals surface area contributed by atoms with Crippen molar-refractivity contribution in [1.82, 2.24) is 5.32 Å². The number of halogens is 1. The molecule has 1 aliphatic rings. The summed E-state index contributed by atoms with van der Waals surface area (Å²) in [5.41, 5.74) is 1.28. The third-order valence-electron chi connectivity index (χ3n) is 3.74. The lowest BCUT2D eigenvalue weighted by atomic mass is 10.0. The zero-order valence-corrected chi connectivity index (χ0v) is 11.5. The topological polar surface area (TPSA) is 12.0 Å². The van der Waals surface area contributed by atoms with Crippen molar-refractivity contribution in [3.8, 4) is 0 Å². The highest BCUT2D eigenvalue weighted by molar-refractivity contribution is 6.31. The van der Waals surface area contributed by atoms with Crippen LogP contribution >= 0.6 is 11.6 Å². The summed E-state index contributed by atoms with van der Waals surface area (Å²) in [4.78, 5) is 0. The molecule has 0 bridgehead atoms. The fraction of sp³-hybridized carbons (Fsp3) is 0.600. The Labute approximate surface area is 110 Å². The van der Waals surface area contributed by atoms with Crippen molar-refractivity contribution in [3.63, 3.8) is 0 Å². The fourth-order valence-electron chi connectivity index (χ4n) is 2.52. The molecule has 1 aliphatic carbocycles. The van der Waals surface area contributed by atoms with E-state index in [0.29, 0.717) is 6.04 Å². The van der Waals surface area contributed by atoms with Gasteiger partial charge in [0.05, 0.1) is 0 Å². The van der Waals surface area contributed by atoms with Gasteiger partial charge in [-0.25, -0.2) is 0 Å². The first-order valence-electron chi connectivity index (χ1n) is 6.69. The Morgan fingerprint density at radius 1 is 1.41 bits per heavy atom. The first kappa shape index (κ1) is 12.9. The van der Waals surface area contributed by atoms with Crippen LogP contribution in [0.1, 0.15) is 32.3 Å². The van der Waals surface area contributed by atoms with E-state index in [9.17, 15) is 0 Å². The molecule has 0 aromatic heterocycles. The number of rotatable bonds is 6. The Hall–Kier alpha value is -0.530. The molecule has 1 aromatic rings. The highest BCUT2D eigenvalue weighted by Crippen LogP contribution is 2.41. The lowest BCUT2D eigenvalue weighted by molar-refractivity contribution is 0.443. The summed E-state index contributed by atoms with van der Waals surface area (Å²) in [6.45, 7) is 5.67. The van der Waals surface area contributed by atoms with Gasteiger partial charge in [0.15, 0.2) is 0 Å². The first-order valence-corrected chi connectivity index (χ1v) is 7.07. The van der Waals surface area contributed by atoms with E-state index in [1.54, 1.807) is 0 Å². The molecule has 1 saturated carbocycles. The van der Waals surface area contributed by atoms with Gasteiger partial charge in [-0.3, -0.25) is 0 Å². The maximum absolute atomic E-state index is 6.24. The molecular weight excluding hydrogens is 230 g/mol. The van der Waals surface area contributed by atoms with E-state index in [4.69, 9.17) is 11.6 Å². The van der Waals surface area contributed by atoms with Crippen LogP contribution in [0.4, 0.5) is 0 Å². The Balaban J connectivity index is 1.99. The number of nitrogens with one attached hydrogen (secondary N) is 1. The molecular formula is C15H22ClN. The highest BCUT2D eigenvalue weighted by Gasteiger charge is 2.39. The van der Waals surface area contributed by atoms with E-state index in [-0.39, 0.29) is 0 Å². The first-order chi connectivity index (χ1) is 8.22. The molecule has 1 N–H and O–H groups in total. The Kier molecular flexibility index (Phi) is 4.47. The van der Waals surface area contributed by atoms with Crippen molar-refractivity contribution >= 4 is 11.6 Å².